The van der Waals surface area contributed by atoms with Gasteiger partial charge in [0.2, 0.25) is 0 Å². The highest BCUT2D eigenvalue weighted by Gasteiger charge is 2.15. The lowest BCUT2D eigenvalue weighted by Crippen LogP contribution is -2.33. The number of hydrogen-bond acceptors (Lipinski definition) is 5. The Labute approximate surface area is 156 Å². The number of halogens is 2. The zero-order valence-corrected chi connectivity index (χ0v) is 15.6. The van der Waals surface area contributed by atoms with Crippen molar-refractivity contribution in [2.45, 2.75) is 13.3 Å². The van der Waals surface area contributed by atoms with Gasteiger partial charge in [-0.1, -0.05) is 30.1 Å². The number of benzene rings is 1. The van der Waals surface area contributed by atoms with Gasteiger partial charge in [-0.25, -0.2) is 9.66 Å². The van der Waals surface area contributed by atoms with Gasteiger partial charge in [-0.3, -0.25) is 15.0 Å². The van der Waals surface area contributed by atoms with E-state index in [-0.39, 0.29) is 26.9 Å². The number of carbonyl (C=O) groups is 1. The third-order valence-electron chi connectivity index (χ3n) is 3.54. The topological polar surface area (TPSA) is 73.2 Å². The Hall–Kier alpha value is -2.09. The molecule has 0 aliphatic rings. The van der Waals surface area contributed by atoms with Gasteiger partial charge >= 0.3 is 0 Å². The van der Waals surface area contributed by atoms with Crippen molar-refractivity contribution in [2.24, 2.45) is 0 Å². The van der Waals surface area contributed by atoms with Gasteiger partial charge < -0.3 is 4.74 Å². The standard InChI is InChI=1S/C16H13Cl2N3O3S/c1-3-9-6-10-15(25-9)19-7-21(16(10)23)20-14(22)8-4-11(17)13(24-2)12(18)5-8/h4-7H,3H2,1-2H3,(H,20,22). The Morgan fingerprint density at radius 1 is 1.32 bits per heavy atom. The van der Waals surface area contributed by atoms with E-state index >= 15 is 0 Å². The summed E-state index contributed by atoms with van der Waals surface area (Å²) in [5, 5.41) is 0.869. The average Bonchev–Trinajstić information content (AvgIpc) is 3.01. The first-order chi connectivity index (χ1) is 11.9. The fraction of sp³-hybridized carbons (Fsp3) is 0.188. The van der Waals surface area contributed by atoms with Crippen LogP contribution in [0.5, 0.6) is 5.75 Å². The molecule has 0 saturated carbocycles. The molecule has 2 aromatic heterocycles. The molecule has 0 bridgehead atoms. The first kappa shape index (κ1) is 17.7. The minimum Gasteiger partial charge on any atom is -0.494 e. The number of ether oxygens (including phenoxy) is 1. The zero-order chi connectivity index (χ0) is 18.1. The highest BCUT2D eigenvalue weighted by atomic mass is 35.5. The fourth-order valence-electron chi connectivity index (χ4n) is 2.29. The minimum atomic E-state index is -0.541. The first-order valence-corrected chi connectivity index (χ1v) is 8.86. The summed E-state index contributed by atoms with van der Waals surface area (Å²) >= 11 is 13.5. The second kappa shape index (κ2) is 7.03. The summed E-state index contributed by atoms with van der Waals surface area (Å²) in [7, 11) is 1.43. The second-order valence-electron chi connectivity index (χ2n) is 5.12. The molecule has 0 aliphatic heterocycles. The van der Waals surface area contributed by atoms with Gasteiger partial charge in [-0.2, -0.15) is 0 Å². The maximum absolute atomic E-state index is 12.5. The maximum atomic E-state index is 12.5. The Morgan fingerprint density at radius 2 is 2.00 bits per heavy atom. The normalized spacial score (nSPS) is 10.9. The molecule has 2 heterocycles. The van der Waals surface area contributed by atoms with E-state index in [1.54, 1.807) is 6.07 Å². The van der Waals surface area contributed by atoms with E-state index < -0.39 is 5.91 Å². The Morgan fingerprint density at radius 3 is 2.60 bits per heavy atom. The number of nitrogens with one attached hydrogen (secondary N) is 1. The lowest BCUT2D eigenvalue weighted by molar-refractivity contribution is 0.101. The molecule has 0 radical (unpaired) electrons. The van der Waals surface area contributed by atoms with E-state index in [1.165, 1.54) is 36.9 Å². The summed E-state index contributed by atoms with van der Waals surface area (Å²) in [6, 6.07) is 4.62. The summed E-state index contributed by atoms with van der Waals surface area (Å²) in [4.78, 5) is 30.8. The third-order valence-corrected chi connectivity index (χ3v) is 5.29. The number of hydrogen-bond donors (Lipinski definition) is 1. The Kier molecular flexibility index (Phi) is 4.99. The largest absolute Gasteiger partial charge is 0.494 e. The maximum Gasteiger partial charge on any atom is 0.280 e. The molecule has 1 amide bonds. The van der Waals surface area contributed by atoms with Crippen molar-refractivity contribution < 1.29 is 9.53 Å². The molecule has 0 fully saturated rings. The highest BCUT2D eigenvalue weighted by Crippen LogP contribution is 2.33. The van der Waals surface area contributed by atoms with Crippen molar-refractivity contribution in [1.82, 2.24) is 9.66 Å². The number of methoxy groups -OCH3 is 1. The number of fused-ring (bicyclic) bond motifs is 1. The van der Waals surface area contributed by atoms with Crippen molar-refractivity contribution in [2.75, 3.05) is 12.5 Å². The van der Waals surface area contributed by atoms with Crippen LogP contribution in [0, 0.1) is 0 Å². The second-order valence-corrected chi connectivity index (χ2v) is 7.05. The van der Waals surface area contributed by atoms with Crippen LogP contribution in [0.2, 0.25) is 10.0 Å². The van der Waals surface area contributed by atoms with Crippen molar-refractivity contribution in [1.29, 1.82) is 0 Å². The summed E-state index contributed by atoms with van der Waals surface area (Å²) < 4.78 is 6.09. The van der Waals surface area contributed by atoms with Crippen molar-refractivity contribution in [3.05, 3.63) is 55.4 Å². The molecular formula is C16H13Cl2N3O3S. The molecule has 25 heavy (non-hydrogen) atoms. The number of carbonyl (C=O) groups excluding carboxylic acids is 1. The smallest absolute Gasteiger partial charge is 0.280 e. The van der Waals surface area contributed by atoms with Gasteiger partial charge in [0.25, 0.3) is 11.5 Å². The van der Waals surface area contributed by atoms with Crippen molar-refractivity contribution in [3.8, 4) is 5.75 Å². The van der Waals surface area contributed by atoms with Gasteiger partial charge in [-0.05, 0) is 24.6 Å². The number of thiophene rings is 1. The molecule has 0 aliphatic carbocycles. The molecule has 1 aromatic carbocycles. The van der Waals surface area contributed by atoms with Crippen LogP contribution < -0.4 is 15.7 Å². The molecule has 1 N–H and O–H groups in total. The van der Waals surface area contributed by atoms with Crippen LogP contribution in [-0.2, 0) is 6.42 Å². The lowest BCUT2D eigenvalue weighted by atomic mass is 10.2. The van der Waals surface area contributed by atoms with Crippen LogP contribution in [0.1, 0.15) is 22.2 Å². The highest BCUT2D eigenvalue weighted by molar-refractivity contribution is 7.18. The fourth-order valence-corrected chi connectivity index (χ4v) is 3.85. The van der Waals surface area contributed by atoms with E-state index in [9.17, 15) is 9.59 Å². The van der Waals surface area contributed by atoms with Gasteiger partial charge in [0.1, 0.15) is 11.2 Å². The quantitative estimate of drug-likeness (QED) is 0.727. The van der Waals surface area contributed by atoms with E-state index in [1.807, 2.05) is 6.92 Å². The Bertz CT molecular complexity index is 1010. The van der Waals surface area contributed by atoms with E-state index in [0.717, 1.165) is 16.0 Å². The summed E-state index contributed by atoms with van der Waals surface area (Å²) in [5.74, 6) is -0.258. The SMILES string of the molecule is CCc1cc2c(=O)n(NC(=O)c3cc(Cl)c(OC)c(Cl)c3)cnc2s1. The van der Waals surface area contributed by atoms with Crippen LogP contribution in [0.25, 0.3) is 10.2 Å². The number of nitrogens with zero attached hydrogens (tertiary/aromatic N) is 2. The van der Waals surface area contributed by atoms with Gasteiger partial charge in [-0.15, -0.1) is 11.3 Å². The van der Waals surface area contributed by atoms with Crippen LogP contribution in [0.4, 0.5) is 0 Å². The van der Waals surface area contributed by atoms with Gasteiger partial charge in [0, 0.05) is 10.4 Å². The predicted molar refractivity (Wildman–Crippen MR) is 100.0 cm³/mol. The van der Waals surface area contributed by atoms with E-state index in [2.05, 4.69) is 10.4 Å². The van der Waals surface area contributed by atoms with Gasteiger partial charge in [0.05, 0.1) is 22.5 Å². The molecule has 0 atom stereocenters. The predicted octanol–water partition coefficient (Wildman–Crippen LogP) is 3.72. The number of aryl methyl sites for hydroxylation is 1. The first-order valence-electron chi connectivity index (χ1n) is 7.29. The third kappa shape index (κ3) is 3.35. The molecule has 9 heteroatoms. The Balaban J connectivity index is 1.94. The molecular weight excluding hydrogens is 385 g/mol. The molecule has 3 rings (SSSR count). The monoisotopic (exact) mass is 397 g/mol. The minimum absolute atomic E-state index is 0.197. The van der Waals surface area contributed by atoms with Crippen LogP contribution in [0.3, 0.4) is 0 Å². The van der Waals surface area contributed by atoms with Crippen LogP contribution in [-0.4, -0.2) is 22.7 Å². The van der Waals surface area contributed by atoms with E-state index in [0.29, 0.717) is 10.2 Å². The molecule has 3 aromatic rings. The molecule has 0 saturated heterocycles. The van der Waals surface area contributed by atoms with Crippen LogP contribution in [0.15, 0.2) is 29.3 Å². The van der Waals surface area contributed by atoms with E-state index in [4.69, 9.17) is 27.9 Å². The zero-order valence-electron chi connectivity index (χ0n) is 13.3. The molecule has 0 unspecified atom stereocenters. The van der Waals surface area contributed by atoms with Gasteiger partial charge in [0.15, 0.2) is 5.75 Å². The average molecular weight is 398 g/mol. The summed E-state index contributed by atoms with van der Waals surface area (Å²) in [6.45, 7) is 2.00. The molecule has 0 spiro atoms. The number of aromatic nitrogens is 2. The van der Waals surface area contributed by atoms with Crippen molar-refractivity contribution in [3.63, 3.8) is 0 Å². The molecule has 6 nitrogen and oxygen atoms in total. The van der Waals surface area contributed by atoms with Crippen molar-refractivity contribution >= 4 is 50.7 Å². The lowest BCUT2D eigenvalue weighted by Gasteiger charge is -2.10. The molecule has 130 valence electrons. The summed E-state index contributed by atoms with van der Waals surface area (Å²) in [6.07, 6.45) is 2.10. The number of amides is 1. The summed E-state index contributed by atoms with van der Waals surface area (Å²) in [5.41, 5.74) is 2.34. The number of rotatable bonds is 4. The van der Waals surface area contributed by atoms with Crippen LogP contribution >= 0.6 is 34.5 Å².